The van der Waals surface area contributed by atoms with Crippen LogP contribution >= 0.6 is 0 Å². The highest BCUT2D eigenvalue weighted by molar-refractivity contribution is 7.89. The van der Waals surface area contributed by atoms with Crippen molar-refractivity contribution in [3.8, 4) is 11.8 Å². The van der Waals surface area contributed by atoms with Gasteiger partial charge in [-0.05, 0) is 48.4 Å². The van der Waals surface area contributed by atoms with Gasteiger partial charge in [-0.25, -0.2) is 12.7 Å². The molecule has 0 bridgehead atoms. The molecule has 0 aromatic heterocycles. The molecule has 0 aliphatic rings. The van der Waals surface area contributed by atoms with Crippen LogP contribution in [-0.4, -0.2) is 39.3 Å². The van der Waals surface area contributed by atoms with Gasteiger partial charge in [0.1, 0.15) is 5.75 Å². The first kappa shape index (κ1) is 20.4. The zero-order chi connectivity index (χ0) is 20.0. The Bertz CT molecular complexity index is 961. The van der Waals surface area contributed by atoms with Gasteiger partial charge in [0.2, 0.25) is 10.0 Å². The predicted octanol–water partition coefficient (Wildman–Crippen LogP) is 2.33. The number of hydrogen-bond donors (Lipinski definition) is 1. The molecule has 0 heterocycles. The van der Waals surface area contributed by atoms with E-state index in [1.165, 1.54) is 32.3 Å². The van der Waals surface area contributed by atoms with Crippen LogP contribution in [0.1, 0.15) is 11.1 Å². The van der Waals surface area contributed by atoms with Gasteiger partial charge in [-0.3, -0.25) is 4.79 Å². The summed E-state index contributed by atoms with van der Waals surface area (Å²) in [7, 11) is -0.588. The molecule has 2 rings (SSSR count). The topological polar surface area (TPSA) is 99.5 Å². The molecule has 1 amide bonds. The van der Waals surface area contributed by atoms with Crippen molar-refractivity contribution in [3.63, 3.8) is 0 Å². The van der Waals surface area contributed by atoms with Crippen molar-refractivity contribution in [3.05, 3.63) is 53.6 Å². The molecule has 0 fully saturated rings. The number of aryl methyl sites for hydroxylation is 1. The molecule has 0 aliphatic carbocycles. The van der Waals surface area contributed by atoms with Gasteiger partial charge in [0.15, 0.2) is 6.61 Å². The molecule has 2 aromatic carbocycles. The number of ether oxygens (including phenoxy) is 1. The molecule has 27 heavy (non-hydrogen) atoms. The number of benzene rings is 2. The number of carbonyl (C=O) groups is 1. The molecule has 0 unspecified atom stereocenters. The number of rotatable bonds is 7. The van der Waals surface area contributed by atoms with Crippen LogP contribution in [0, 0.1) is 18.3 Å². The third-order valence-electron chi connectivity index (χ3n) is 3.80. The lowest BCUT2D eigenvalue weighted by Crippen LogP contribution is -2.22. The maximum atomic E-state index is 12.1. The highest BCUT2D eigenvalue weighted by atomic mass is 32.2. The van der Waals surface area contributed by atoms with Crippen LogP contribution in [0.2, 0.25) is 0 Å². The van der Waals surface area contributed by atoms with E-state index in [1.54, 1.807) is 31.2 Å². The lowest BCUT2D eigenvalue weighted by molar-refractivity contribution is -0.118. The lowest BCUT2D eigenvalue weighted by Gasteiger charge is -2.14. The van der Waals surface area contributed by atoms with Crippen LogP contribution in [0.5, 0.6) is 5.75 Å². The van der Waals surface area contributed by atoms with E-state index in [9.17, 15) is 13.2 Å². The average molecular weight is 387 g/mol. The first-order valence-corrected chi connectivity index (χ1v) is 9.60. The number of amides is 1. The zero-order valence-electron chi connectivity index (χ0n) is 15.4. The first-order chi connectivity index (χ1) is 12.7. The van der Waals surface area contributed by atoms with Gasteiger partial charge in [-0.2, -0.15) is 5.26 Å². The quantitative estimate of drug-likeness (QED) is 0.786. The minimum absolute atomic E-state index is 0.166. The second-order valence-electron chi connectivity index (χ2n) is 6.08. The Balaban J connectivity index is 1.98. The van der Waals surface area contributed by atoms with E-state index < -0.39 is 10.0 Å². The fourth-order valence-corrected chi connectivity index (χ4v) is 3.28. The van der Waals surface area contributed by atoms with Crippen molar-refractivity contribution < 1.29 is 17.9 Å². The SMILES string of the molecule is Cc1cc(S(=O)(=O)N(C)C)ccc1OCC(=O)Nc1ccc(CC#N)cc1. The second kappa shape index (κ2) is 8.66. The molecule has 0 saturated heterocycles. The van der Waals surface area contributed by atoms with Crippen molar-refractivity contribution in [1.29, 1.82) is 5.26 Å². The van der Waals surface area contributed by atoms with Crippen LogP contribution < -0.4 is 10.1 Å². The summed E-state index contributed by atoms with van der Waals surface area (Å²) < 4.78 is 30.9. The highest BCUT2D eigenvalue weighted by Crippen LogP contribution is 2.23. The summed E-state index contributed by atoms with van der Waals surface area (Å²) in [5.74, 6) is 0.0969. The van der Waals surface area contributed by atoms with E-state index in [2.05, 4.69) is 11.4 Å². The first-order valence-electron chi connectivity index (χ1n) is 8.16. The Hall–Kier alpha value is -2.89. The van der Waals surface area contributed by atoms with Crippen molar-refractivity contribution in [1.82, 2.24) is 4.31 Å². The van der Waals surface area contributed by atoms with E-state index in [0.717, 1.165) is 9.87 Å². The molecule has 0 saturated carbocycles. The van der Waals surface area contributed by atoms with Crippen LogP contribution in [0.4, 0.5) is 5.69 Å². The fraction of sp³-hybridized carbons (Fsp3) is 0.263. The number of carbonyl (C=O) groups excluding carboxylic acids is 1. The second-order valence-corrected chi connectivity index (χ2v) is 8.24. The molecule has 1 N–H and O–H groups in total. The number of nitriles is 1. The van der Waals surface area contributed by atoms with Gasteiger partial charge in [-0.1, -0.05) is 12.1 Å². The molecule has 0 radical (unpaired) electrons. The Kier molecular flexibility index (Phi) is 6.55. The Morgan fingerprint density at radius 3 is 2.41 bits per heavy atom. The Morgan fingerprint density at radius 2 is 1.85 bits per heavy atom. The van der Waals surface area contributed by atoms with Gasteiger partial charge in [0.25, 0.3) is 5.91 Å². The molecule has 0 atom stereocenters. The average Bonchev–Trinajstić information content (AvgIpc) is 2.62. The fourth-order valence-electron chi connectivity index (χ4n) is 2.29. The van der Waals surface area contributed by atoms with Crippen molar-refractivity contribution in [2.75, 3.05) is 26.0 Å². The number of hydrogen-bond acceptors (Lipinski definition) is 5. The maximum Gasteiger partial charge on any atom is 0.262 e. The van der Waals surface area contributed by atoms with E-state index in [4.69, 9.17) is 10.00 Å². The number of anilines is 1. The van der Waals surface area contributed by atoms with Gasteiger partial charge in [0.05, 0.1) is 17.4 Å². The largest absolute Gasteiger partial charge is 0.483 e. The minimum Gasteiger partial charge on any atom is -0.483 e. The third-order valence-corrected chi connectivity index (χ3v) is 5.62. The Morgan fingerprint density at radius 1 is 1.19 bits per heavy atom. The molecule has 0 aliphatic heterocycles. The molecule has 8 heteroatoms. The van der Waals surface area contributed by atoms with E-state index in [0.29, 0.717) is 23.4 Å². The van der Waals surface area contributed by atoms with Crippen molar-refractivity contribution >= 4 is 21.6 Å². The lowest BCUT2D eigenvalue weighted by atomic mass is 10.1. The summed E-state index contributed by atoms with van der Waals surface area (Å²) in [6, 6.07) is 13.5. The predicted molar refractivity (Wildman–Crippen MR) is 102 cm³/mol. The molecule has 0 spiro atoms. The molecular weight excluding hydrogens is 366 g/mol. The van der Waals surface area contributed by atoms with E-state index in [1.807, 2.05) is 0 Å². The third kappa shape index (κ3) is 5.29. The van der Waals surface area contributed by atoms with Gasteiger partial charge < -0.3 is 10.1 Å². The number of nitrogens with one attached hydrogen (secondary N) is 1. The maximum absolute atomic E-state index is 12.1. The summed E-state index contributed by atoms with van der Waals surface area (Å²) in [5.41, 5.74) is 2.09. The summed E-state index contributed by atoms with van der Waals surface area (Å²) in [5, 5.41) is 11.4. The van der Waals surface area contributed by atoms with Crippen LogP contribution in [0.15, 0.2) is 47.4 Å². The minimum atomic E-state index is -3.52. The summed E-state index contributed by atoms with van der Waals surface area (Å²) in [6.07, 6.45) is 0.316. The Labute approximate surface area is 159 Å². The molecule has 2 aromatic rings. The van der Waals surface area contributed by atoms with Crippen LogP contribution in [-0.2, 0) is 21.2 Å². The van der Waals surface area contributed by atoms with Crippen LogP contribution in [0.3, 0.4) is 0 Å². The number of sulfonamides is 1. The summed E-state index contributed by atoms with van der Waals surface area (Å²) in [4.78, 5) is 12.2. The van der Waals surface area contributed by atoms with E-state index >= 15 is 0 Å². The summed E-state index contributed by atoms with van der Waals surface area (Å²) in [6.45, 7) is 1.51. The highest BCUT2D eigenvalue weighted by Gasteiger charge is 2.18. The summed E-state index contributed by atoms with van der Waals surface area (Å²) >= 11 is 0. The zero-order valence-corrected chi connectivity index (χ0v) is 16.2. The standard InChI is InChI=1S/C19H21N3O4S/c1-14-12-17(27(24,25)22(2)3)8-9-18(14)26-13-19(23)21-16-6-4-15(5-7-16)10-11-20/h4-9,12H,10,13H2,1-3H3,(H,21,23). The molecule has 7 nitrogen and oxygen atoms in total. The number of nitrogens with zero attached hydrogens (tertiary/aromatic N) is 2. The van der Waals surface area contributed by atoms with E-state index in [-0.39, 0.29) is 17.4 Å². The monoisotopic (exact) mass is 387 g/mol. The van der Waals surface area contributed by atoms with Gasteiger partial charge in [-0.15, -0.1) is 0 Å². The molecular formula is C19H21N3O4S. The normalized spacial score (nSPS) is 11.1. The van der Waals surface area contributed by atoms with Crippen LogP contribution in [0.25, 0.3) is 0 Å². The van der Waals surface area contributed by atoms with Crippen molar-refractivity contribution in [2.24, 2.45) is 0 Å². The van der Waals surface area contributed by atoms with Gasteiger partial charge in [0, 0.05) is 19.8 Å². The smallest absolute Gasteiger partial charge is 0.262 e. The van der Waals surface area contributed by atoms with Gasteiger partial charge >= 0.3 is 0 Å². The van der Waals surface area contributed by atoms with Crippen molar-refractivity contribution in [2.45, 2.75) is 18.2 Å². The molecule has 142 valence electrons.